The van der Waals surface area contributed by atoms with Gasteiger partial charge in [0.25, 0.3) is 5.91 Å². The van der Waals surface area contributed by atoms with Crippen molar-refractivity contribution in [2.75, 3.05) is 5.75 Å². The SMILES string of the molecule is Cc1ccc(-n2c(SCC(=O)N/N=C/c3cccn3C)nnc2-c2ccccc2)cc1. The number of aromatic nitrogens is 4. The minimum atomic E-state index is -0.213. The summed E-state index contributed by atoms with van der Waals surface area (Å²) in [7, 11) is 1.92. The number of nitrogens with zero attached hydrogens (tertiary/aromatic N) is 5. The largest absolute Gasteiger partial charge is 0.350 e. The molecule has 0 aliphatic heterocycles. The molecule has 0 spiro atoms. The highest BCUT2D eigenvalue weighted by Crippen LogP contribution is 2.28. The van der Waals surface area contributed by atoms with E-state index in [2.05, 4.69) is 20.7 Å². The van der Waals surface area contributed by atoms with Gasteiger partial charge in [-0.2, -0.15) is 5.10 Å². The number of amides is 1. The summed E-state index contributed by atoms with van der Waals surface area (Å²) >= 11 is 1.32. The zero-order valence-electron chi connectivity index (χ0n) is 17.3. The highest BCUT2D eigenvalue weighted by molar-refractivity contribution is 7.99. The summed E-state index contributed by atoms with van der Waals surface area (Å²) in [5, 5.41) is 13.4. The molecular formula is C23H22N6OS. The Morgan fingerprint density at radius 1 is 1.06 bits per heavy atom. The first kappa shape index (κ1) is 20.6. The smallest absolute Gasteiger partial charge is 0.250 e. The molecule has 2 heterocycles. The van der Waals surface area contributed by atoms with Crippen LogP contribution < -0.4 is 5.43 Å². The van der Waals surface area contributed by atoms with Crippen LogP contribution in [0.5, 0.6) is 0 Å². The van der Waals surface area contributed by atoms with Crippen molar-refractivity contribution in [1.82, 2.24) is 24.8 Å². The molecule has 0 bridgehead atoms. The summed E-state index contributed by atoms with van der Waals surface area (Å²) < 4.78 is 3.89. The number of hydrogen-bond acceptors (Lipinski definition) is 5. The summed E-state index contributed by atoms with van der Waals surface area (Å²) in [6.45, 7) is 2.05. The van der Waals surface area contributed by atoms with E-state index in [0.29, 0.717) is 5.16 Å². The van der Waals surface area contributed by atoms with Crippen molar-refractivity contribution in [1.29, 1.82) is 0 Å². The molecule has 2 aromatic heterocycles. The van der Waals surface area contributed by atoms with Crippen molar-refractivity contribution in [2.45, 2.75) is 12.1 Å². The lowest BCUT2D eigenvalue weighted by atomic mass is 10.2. The maximum Gasteiger partial charge on any atom is 0.250 e. The molecule has 4 rings (SSSR count). The van der Waals surface area contributed by atoms with Crippen molar-refractivity contribution >= 4 is 23.9 Å². The van der Waals surface area contributed by atoms with E-state index in [9.17, 15) is 4.79 Å². The number of hydrazone groups is 1. The molecule has 0 aliphatic carbocycles. The molecule has 1 amide bonds. The Hall–Kier alpha value is -3.65. The highest BCUT2D eigenvalue weighted by Gasteiger charge is 2.17. The number of benzene rings is 2. The van der Waals surface area contributed by atoms with Gasteiger partial charge in [-0.25, -0.2) is 5.43 Å². The Balaban J connectivity index is 1.52. The summed E-state index contributed by atoms with van der Waals surface area (Å²) in [4.78, 5) is 12.3. The second-order valence-corrected chi connectivity index (χ2v) is 7.91. The van der Waals surface area contributed by atoms with Gasteiger partial charge in [0.05, 0.1) is 17.7 Å². The van der Waals surface area contributed by atoms with E-state index in [0.717, 1.165) is 22.8 Å². The molecule has 2 aromatic carbocycles. The van der Waals surface area contributed by atoms with E-state index >= 15 is 0 Å². The molecule has 7 nitrogen and oxygen atoms in total. The Morgan fingerprint density at radius 3 is 2.55 bits per heavy atom. The van der Waals surface area contributed by atoms with Gasteiger partial charge in [0.15, 0.2) is 11.0 Å². The monoisotopic (exact) mass is 430 g/mol. The van der Waals surface area contributed by atoms with Crippen molar-refractivity contribution in [3.8, 4) is 17.1 Å². The Morgan fingerprint density at radius 2 is 1.84 bits per heavy atom. The lowest BCUT2D eigenvalue weighted by Crippen LogP contribution is -2.20. The molecule has 156 valence electrons. The number of thioether (sulfide) groups is 1. The molecular weight excluding hydrogens is 408 g/mol. The van der Waals surface area contributed by atoms with E-state index in [-0.39, 0.29) is 11.7 Å². The maximum atomic E-state index is 12.3. The average Bonchev–Trinajstić information content (AvgIpc) is 3.40. The summed E-state index contributed by atoms with van der Waals surface area (Å²) in [5.41, 5.74) is 6.54. The zero-order valence-corrected chi connectivity index (χ0v) is 18.1. The van der Waals surface area contributed by atoms with Gasteiger partial charge in [-0.1, -0.05) is 59.8 Å². The fourth-order valence-corrected chi connectivity index (χ4v) is 3.75. The number of hydrogen-bond donors (Lipinski definition) is 1. The van der Waals surface area contributed by atoms with Crippen molar-refractivity contribution in [3.63, 3.8) is 0 Å². The van der Waals surface area contributed by atoms with Crippen LogP contribution in [0, 0.1) is 6.92 Å². The number of aryl methyl sites for hydroxylation is 2. The lowest BCUT2D eigenvalue weighted by molar-refractivity contribution is -0.118. The van der Waals surface area contributed by atoms with Crippen LogP contribution in [0.4, 0.5) is 0 Å². The van der Waals surface area contributed by atoms with Crippen molar-refractivity contribution in [2.24, 2.45) is 12.1 Å². The zero-order chi connectivity index (χ0) is 21.6. The molecule has 0 aliphatic rings. The van der Waals surface area contributed by atoms with Gasteiger partial charge in [0.1, 0.15) is 0 Å². The average molecular weight is 431 g/mol. The minimum absolute atomic E-state index is 0.170. The van der Waals surface area contributed by atoms with Crippen LogP contribution in [0.1, 0.15) is 11.3 Å². The van der Waals surface area contributed by atoms with E-state index in [1.54, 1.807) is 6.21 Å². The Bertz CT molecular complexity index is 1190. The normalized spacial score (nSPS) is 11.2. The number of rotatable bonds is 7. The van der Waals surface area contributed by atoms with Crippen LogP contribution in [0.25, 0.3) is 17.1 Å². The first-order valence-electron chi connectivity index (χ1n) is 9.76. The van der Waals surface area contributed by atoms with Crippen molar-refractivity contribution in [3.05, 3.63) is 84.2 Å². The van der Waals surface area contributed by atoms with Crippen molar-refractivity contribution < 1.29 is 4.79 Å². The van der Waals surface area contributed by atoms with Gasteiger partial charge in [-0.3, -0.25) is 9.36 Å². The van der Waals surface area contributed by atoms with Crippen LogP contribution in [-0.2, 0) is 11.8 Å². The number of carbonyl (C=O) groups is 1. The lowest BCUT2D eigenvalue weighted by Gasteiger charge is -2.10. The maximum absolute atomic E-state index is 12.3. The first-order valence-corrected chi connectivity index (χ1v) is 10.7. The van der Waals surface area contributed by atoms with Crippen LogP contribution in [0.2, 0.25) is 0 Å². The number of nitrogens with one attached hydrogen (secondary N) is 1. The molecule has 0 fully saturated rings. The topological polar surface area (TPSA) is 77.1 Å². The van der Waals surface area contributed by atoms with E-state index in [1.807, 2.05) is 96.0 Å². The van der Waals surface area contributed by atoms with E-state index in [1.165, 1.54) is 17.3 Å². The summed E-state index contributed by atoms with van der Waals surface area (Å²) in [6.07, 6.45) is 3.53. The molecule has 8 heteroatoms. The predicted molar refractivity (Wildman–Crippen MR) is 123 cm³/mol. The third-order valence-electron chi connectivity index (χ3n) is 4.66. The minimum Gasteiger partial charge on any atom is -0.350 e. The van der Waals surface area contributed by atoms with Gasteiger partial charge >= 0.3 is 0 Å². The van der Waals surface area contributed by atoms with Gasteiger partial charge in [-0.15, -0.1) is 10.2 Å². The highest BCUT2D eigenvalue weighted by atomic mass is 32.2. The molecule has 4 aromatic rings. The van der Waals surface area contributed by atoms with Crippen LogP contribution in [0.15, 0.2) is 83.2 Å². The van der Waals surface area contributed by atoms with Gasteiger partial charge in [0.2, 0.25) is 0 Å². The molecule has 0 radical (unpaired) electrons. The fraction of sp³-hybridized carbons (Fsp3) is 0.130. The molecule has 0 saturated heterocycles. The summed E-state index contributed by atoms with van der Waals surface area (Å²) in [6, 6.07) is 21.9. The second kappa shape index (κ2) is 9.44. The quantitative estimate of drug-likeness (QED) is 0.275. The first-order chi connectivity index (χ1) is 15.1. The van der Waals surface area contributed by atoms with E-state index in [4.69, 9.17) is 0 Å². The van der Waals surface area contributed by atoms with Gasteiger partial charge in [0, 0.05) is 24.5 Å². The standard InChI is InChI=1S/C23H22N6OS/c1-17-10-12-19(13-11-17)29-22(18-7-4-3-5-8-18)26-27-23(29)31-16-21(30)25-24-15-20-9-6-14-28(20)2/h3-15H,16H2,1-2H3,(H,25,30)/b24-15+. The second-order valence-electron chi connectivity index (χ2n) is 6.97. The Labute approximate surface area is 184 Å². The third-order valence-corrected chi connectivity index (χ3v) is 5.59. The predicted octanol–water partition coefficient (Wildman–Crippen LogP) is 3.82. The fourth-order valence-electron chi connectivity index (χ4n) is 3.01. The third kappa shape index (κ3) is 4.92. The van der Waals surface area contributed by atoms with Gasteiger partial charge in [-0.05, 0) is 31.2 Å². The van der Waals surface area contributed by atoms with Crippen LogP contribution in [-0.4, -0.2) is 37.2 Å². The van der Waals surface area contributed by atoms with E-state index < -0.39 is 0 Å². The molecule has 1 N–H and O–H groups in total. The van der Waals surface area contributed by atoms with Gasteiger partial charge < -0.3 is 4.57 Å². The molecule has 0 atom stereocenters. The Kier molecular flexibility index (Phi) is 6.28. The molecule has 0 unspecified atom stereocenters. The summed E-state index contributed by atoms with van der Waals surface area (Å²) in [5.74, 6) is 0.688. The van der Waals surface area contributed by atoms with Crippen LogP contribution >= 0.6 is 11.8 Å². The molecule has 0 saturated carbocycles. The number of carbonyl (C=O) groups excluding carboxylic acids is 1. The molecule has 31 heavy (non-hydrogen) atoms. The van der Waals surface area contributed by atoms with Crippen LogP contribution in [0.3, 0.4) is 0 Å².